The molecule has 1 unspecified atom stereocenters. The van der Waals surface area contributed by atoms with Gasteiger partial charge in [0.15, 0.2) is 0 Å². The molecule has 1 aromatic rings. The SMILES string of the molecule is COC(=O)C1CN(CCCc2ccccc2)C(=O)N1. The second-order valence-corrected chi connectivity index (χ2v) is 4.56. The van der Waals surface area contributed by atoms with Crippen LogP contribution < -0.4 is 5.32 Å². The quantitative estimate of drug-likeness (QED) is 0.811. The molecule has 1 atom stereocenters. The van der Waals surface area contributed by atoms with E-state index < -0.39 is 6.04 Å². The zero-order chi connectivity index (χ0) is 13.7. The number of aryl methyl sites for hydroxylation is 1. The number of nitrogens with one attached hydrogen (secondary N) is 1. The highest BCUT2D eigenvalue weighted by molar-refractivity contribution is 5.87. The van der Waals surface area contributed by atoms with Crippen LogP contribution in [-0.4, -0.2) is 43.1 Å². The van der Waals surface area contributed by atoms with Gasteiger partial charge in [-0.15, -0.1) is 0 Å². The molecular weight excluding hydrogens is 244 g/mol. The van der Waals surface area contributed by atoms with Gasteiger partial charge in [-0.3, -0.25) is 0 Å². The second-order valence-electron chi connectivity index (χ2n) is 4.56. The smallest absolute Gasteiger partial charge is 0.330 e. The topological polar surface area (TPSA) is 58.6 Å². The Morgan fingerprint density at radius 2 is 2.16 bits per heavy atom. The number of carbonyl (C=O) groups excluding carboxylic acids is 2. The predicted octanol–water partition coefficient (Wildman–Crippen LogP) is 1.19. The molecule has 0 bridgehead atoms. The molecule has 0 aromatic heterocycles. The second kappa shape index (κ2) is 6.22. The number of amides is 2. The summed E-state index contributed by atoms with van der Waals surface area (Å²) in [6, 6.07) is 9.41. The van der Waals surface area contributed by atoms with Gasteiger partial charge in [0.1, 0.15) is 6.04 Å². The first kappa shape index (κ1) is 13.4. The number of rotatable bonds is 5. The minimum atomic E-state index is -0.533. The van der Waals surface area contributed by atoms with E-state index in [2.05, 4.69) is 22.2 Å². The summed E-state index contributed by atoms with van der Waals surface area (Å²) in [6.07, 6.45) is 1.80. The molecule has 2 rings (SSSR count). The molecule has 1 aliphatic rings. The molecule has 0 saturated carbocycles. The largest absolute Gasteiger partial charge is 0.467 e. The van der Waals surface area contributed by atoms with Crippen LogP contribution >= 0.6 is 0 Å². The van der Waals surface area contributed by atoms with Gasteiger partial charge in [-0.25, -0.2) is 9.59 Å². The lowest BCUT2D eigenvalue weighted by Crippen LogP contribution is -2.35. The Hall–Kier alpha value is -2.04. The summed E-state index contributed by atoms with van der Waals surface area (Å²) in [5.74, 6) is -0.390. The fourth-order valence-electron chi connectivity index (χ4n) is 2.18. The van der Waals surface area contributed by atoms with Crippen molar-refractivity contribution >= 4 is 12.0 Å². The van der Waals surface area contributed by atoms with E-state index in [0.717, 1.165) is 12.8 Å². The third kappa shape index (κ3) is 3.47. The summed E-state index contributed by atoms with van der Waals surface area (Å²) < 4.78 is 4.62. The minimum Gasteiger partial charge on any atom is -0.467 e. The average molecular weight is 262 g/mol. The van der Waals surface area contributed by atoms with Crippen LogP contribution in [0.2, 0.25) is 0 Å². The maximum atomic E-state index is 11.7. The lowest BCUT2D eigenvalue weighted by atomic mass is 10.1. The third-order valence-electron chi connectivity index (χ3n) is 3.21. The zero-order valence-corrected chi connectivity index (χ0v) is 11.0. The lowest BCUT2D eigenvalue weighted by Gasteiger charge is -2.13. The van der Waals surface area contributed by atoms with Crippen molar-refractivity contribution in [3.63, 3.8) is 0 Å². The Kier molecular flexibility index (Phi) is 4.39. The van der Waals surface area contributed by atoms with Crippen LogP contribution in [0.5, 0.6) is 0 Å². The summed E-state index contributed by atoms with van der Waals surface area (Å²) in [7, 11) is 1.33. The molecule has 1 N–H and O–H groups in total. The summed E-state index contributed by atoms with van der Waals surface area (Å²) in [5.41, 5.74) is 1.26. The molecule has 0 aliphatic carbocycles. The van der Waals surface area contributed by atoms with Crippen LogP contribution in [-0.2, 0) is 16.0 Å². The Balaban J connectivity index is 1.78. The van der Waals surface area contributed by atoms with E-state index in [9.17, 15) is 9.59 Å². The number of hydrogen-bond acceptors (Lipinski definition) is 3. The summed E-state index contributed by atoms with van der Waals surface area (Å²) in [5, 5.41) is 2.62. The first-order valence-corrected chi connectivity index (χ1v) is 6.38. The van der Waals surface area contributed by atoms with E-state index in [-0.39, 0.29) is 12.0 Å². The monoisotopic (exact) mass is 262 g/mol. The minimum absolute atomic E-state index is 0.191. The van der Waals surface area contributed by atoms with Crippen molar-refractivity contribution in [3.8, 4) is 0 Å². The molecule has 1 aromatic carbocycles. The molecule has 5 nitrogen and oxygen atoms in total. The number of benzene rings is 1. The lowest BCUT2D eigenvalue weighted by molar-refractivity contribution is -0.142. The normalized spacial score (nSPS) is 18.3. The van der Waals surface area contributed by atoms with Gasteiger partial charge in [-0.2, -0.15) is 0 Å². The van der Waals surface area contributed by atoms with Crippen LogP contribution in [0, 0.1) is 0 Å². The number of hydrogen-bond donors (Lipinski definition) is 1. The maximum absolute atomic E-state index is 11.7. The number of methoxy groups -OCH3 is 1. The van der Waals surface area contributed by atoms with E-state index >= 15 is 0 Å². The standard InChI is InChI=1S/C14H18N2O3/c1-19-13(17)12-10-16(14(18)15-12)9-5-8-11-6-3-2-4-7-11/h2-4,6-7,12H,5,8-10H2,1H3,(H,15,18). The van der Waals surface area contributed by atoms with Crippen LogP contribution in [0.15, 0.2) is 30.3 Å². The van der Waals surface area contributed by atoms with Gasteiger partial charge in [-0.1, -0.05) is 30.3 Å². The number of esters is 1. The number of nitrogens with zero attached hydrogens (tertiary/aromatic N) is 1. The van der Waals surface area contributed by atoms with E-state index in [4.69, 9.17) is 0 Å². The molecule has 5 heteroatoms. The van der Waals surface area contributed by atoms with E-state index in [1.807, 2.05) is 18.2 Å². The highest BCUT2D eigenvalue weighted by atomic mass is 16.5. The molecule has 0 spiro atoms. The van der Waals surface area contributed by atoms with Crippen molar-refractivity contribution in [2.24, 2.45) is 0 Å². The Morgan fingerprint density at radius 3 is 2.84 bits per heavy atom. The van der Waals surface area contributed by atoms with Crippen molar-refractivity contribution in [2.45, 2.75) is 18.9 Å². The van der Waals surface area contributed by atoms with Gasteiger partial charge in [-0.05, 0) is 18.4 Å². The first-order chi connectivity index (χ1) is 9.20. The molecule has 1 heterocycles. The van der Waals surface area contributed by atoms with E-state index in [1.165, 1.54) is 12.7 Å². The van der Waals surface area contributed by atoms with Crippen molar-refractivity contribution in [3.05, 3.63) is 35.9 Å². The zero-order valence-electron chi connectivity index (χ0n) is 11.0. The van der Waals surface area contributed by atoms with Gasteiger partial charge in [0.2, 0.25) is 0 Å². The van der Waals surface area contributed by atoms with Gasteiger partial charge in [0.25, 0.3) is 0 Å². The number of carbonyl (C=O) groups is 2. The fraction of sp³-hybridized carbons (Fsp3) is 0.429. The highest BCUT2D eigenvalue weighted by Crippen LogP contribution is 2.08. The van der Waals surface area contributed by atoms with Gasteiger partial charge >= 0.3 is 12.0 Å². The van der Waals surface area contributed by atoms with E-state index in [0.29, 0.717) is 13.1 Å². The fourth-order valence-corrected chi connectivity index (χ4v) is 2.18. The molecule has 2 amide bonds. The summed E-state index contributed by atoms with van der Waals surface area (Å²) >= 11 is 0. The third-order valence-corrected chi connectivity index (χ3v) is 3.21. The molecule has 1 aliphatic heterocycles. The van der Waals surface area contributed by atoms with Crippen LogP contribution in [0.4, 0.5) is 4.79 Å². The first-order valence-electron chi connectivity index (χ1n) is 6.38. The van der Waals surface area contributed by atoms with Crippen molar-refractivity contribution in [1.82, 2.24) is 10.2 Å². The van der Waals surface area contributed by atoms with Gasteiger partial charge in [0.05, 0.1) is 13.7 Å². The van der Waals surface area contributed by atoms with Crippen LogP contribution in [0.1, 0.15) is 12.0 Å². The van der Waals surface area contributed by atoms with Crippen molar-refractivity contribution < 1.29 is 14.3 Å². The van der Waals surface area contributed by atoms with E-state index in [1.54, 1.807) is 4.90 Å². The van der Waals surface area contributed by atoms with Crippen molar-refractivity contribution in [2.75, 3.05) is 20.2 Å². The molecule has 19 heavy (non-hydrogen) atoms. The molecular formula is C14H18N2O3. The Labute approximate surface area is 112 Å². The van der Waals surface area contributed by atoms with Gasteiger partial charge < -0.3 is 15.0 Å². The predicted molar refractivity (Wildman–Crippen MR) is 70.7 cm³/mol. The average Bonchev–Trinajstić information content (AvgIpc) is 2.81. The number of urea groups is 1. The highest BCUT2D eigenvalue weighted by Gasteiger charge is 2.33. The van der Waals surface area contributed by atoms with Crippen LogP contribution in [0.25, 0.3) is 0 Å². The van der Waals surface area contributed by atoms with Crippen molar-refractivity contribution in [1.29, 1.82) is 0 Å². The summed E-state index contributed by atoms with van der Waals surface area (Å²) in [4.78, 5) is 24.6. The molecule has 102 valence electrons. The molecule has 1 saturated heterocycles. The Bertz CT molecular complexity index is 447. The molecule has 0 radical (unpaired) electrons. The summed E-state index contributed by atoms with van der Waals surface area (Å²) in [6.45, 7) is 1.04. The maximum Gasteiger partial charge on any atom is 0.330 e. The van der Waals surface area contributed by atoms with Crippen LogP contribution in [0.3, 0.4) is 0 Å². The Morgan fingerprint density at radius 1 is 1.42 bits per heavy atom. The van der Waals surface area contributed by atoms with Gasteiger partial charge in [0, 0.05) is 6.54 Å². The number of ether oxygens (including phenoxy) is 1. The molecule has 1 fully saturated rings.